The van der Waals surface area contributed by atoms with Crippen LogP contribution in [0.2, 0.25) is 10.0 Å². The number of benzene rings is 2. The SMILES string of the molecule is CC1=CC[C@@H]2C(=O)N(N(Cc3ccc(Cl)cc3)C(=O)c3ccccc3Cl)C(=O)[C@H]2C1. The van der Waals surface area contributed by atoms with E-state index in [1.807, 2.05) is 13.0 Å². The van der Waals surface area contributed by atoms with Crippen LogP contribution < -0.4 is 0 Å². The number of hydrogen-bond acceptors (Lipinski definition) is 3. The molecule has 5 nitrogen and oxygen atoms in total. The number of carbonyl (C=O) groups excluding carboxylic acids is 3. The lowest BCUT2D eigenvalue weighted by Gasteiger charge is -2.31. The van der Waals surface area contributed by atoms with Gasteiger partial charge in [-0.15, -0.1) is 0 Å². The Hall–Kier alpha value is -2.63. The molecule has 1 fully saturated rings. The first kappa shape index (κ1) is 20.6. The van der Waals surface area contributed by atoms with Crippen molar-refractivity contribution < 1.29 is 14.4 Å². The summed E-state index contributed by atoms with van der Waals surface area (Å²) in [6.45, 7) is 2.00. The van der Waals surface area contributed by atoms with E-state index in [0.29, 0.717) is 17.9 Å². The van der Waals surface area contributed by atoms with E-state index in [2.05, 4.69) is 0 Å². The van der Waals surface area contributed by atoms with E-state index in [-0.39, 0.29) is 28.9 Å². The molecule has 7 heteroatoms. The Morgan fingerprint density at radius 3 is 2.40 bits per heavy atom. The Kier molecular flexibility index (Phi) is 5.67. The molecule has 1 heterocycles. The Balaban J connectivity index is 1.72. The number of nitrogens with zero attached hydrogens (tertiary/aromatic N) is 2. The number of imide groups is 1. The van der Waals surface area contributed by atoms with E-state index in [9.17, 15) is 14.4 Å². The van der Waals surface area contributed by atoms with Gasteiger partial charge in [0.1, 0.15) is 0 Å². The summed E-state index contributed by atoms with van der Waals surface area (Å²) < 4.78 is 0. The van der Waals surface area contributed by atoms with Crippen molar-refractivity contribution in [1.29, 1.82) is 0 Å². The average molecular weight is 443 g/mol. The van der Waals surface area contributed by atoms with E-state index in [4.69, 9.17) is 23.2 Å². The quantitative estimate of drug-likeness (QED) is 0.500. The zero-order valence-corrected chi connectivity index (χ0v) is 17.9. The normalized spacial score (nSPS) is 20.8. The highest BCUT2D eigenvalue weighted by molar-refractivity contribution is 6.34. The fourth-order valence-corrected chi connectivity index (χ4v) is 4.37. The average Bonchev–Trinajstić information content (AvgIpc) is 2.97. The van der Waals surface area contributed by atoms with Crippen LogP contribution in [0.5, 0.6) is 0 Å². The van der Waals surface area contributed by atoms with Crippen LogP contribution >= 0.6 is 23.2 Å². The Morgan fingerprint density at radius 1 is 1.03 bits per heavy atom. The van der Waals surface area contributed by atoms with Crippen molar-refractivity contribution in [3.63, 3.8) is 0 Å². The molecule has 0 unspecified atom stereocenters. The minimum Gasteiger partial charge on any atom is -0.272 e. The van der Waals surface area contributed by atoms with Crippen LogP contribution in [0.15, 0.2) is 60.2 Å². The monoisotopic (exact) mass is 442 g/mol. The van der Waals surface area contributed by atoms with Gasteiger partial charge in [-0.3, -0.25) is 14.4 Å². The summed E-state index contributed by atoms with van der Waals surface area (Å²) in [7, 11) is 0. The largest absolute Gasteiger partial charge is 0.274 e. The van der Waals surface area contributed by atoms with Crippen LogP contribution in [0.3, 0.4) is 0 Å². The van der Waals surface area contributed by atoms with Gasteiger partial charge in [0.15, 0.2) is 0 Å². The zero-order valence-electron chi connectivity index (χ0n) is 16.3. The molecule has 0 bridgehead atoms. The van der Waals surface area contributed by atoms with Crippen molar-refractivity contribution in [2.75, 3.05) is 0 Å². The molecule has 0 aromatic heterocycles. The maximum absolute atomic E-state index is 13.4. The molecule has 4 rings (SSSR count). The first-order valence-corrected chi connectivity index (χ1v) is 10.5. The third kappa shape index (κ3) is 3.75. The molecule has 2 aromatic carbocycles. The summed E-state index contributed by atoms with van der Waals surface area (Å²) >= 11 is 12.2. The highest BCUT2D eigenvalue weighted by Gasteiger charge is 2.51. The van der Waals surface area contributed by atoms with Crippen LogP contribution in [0.4, 0.5) is 0 Å². The second-order valence-electron chi connectivity index (χ2n) is 7.66. The number of hydrazine groups is 1. The molecule has 0 radical (unpaired) electrons. The lowest BCUT2D eigenvalue weighted by atomic mass is 9.82. The van der Waals surface area contributed by atoms with E-state index in [1.54, 1.807) is 48.5 Å². The molecule has 0 saturated carbocycles. The van der Waals surface area contributed by atoms with Gasteiger partial charge in [0, 0.05) is 5.02 Å². The molecule has 2 atom stereocenters. The maximum atomic E-state index is 13.4. The molecule has 1 aliphatic heterocycles. The van der Waals surface area contributed by atoms with Crippen LogP contribution in [0, 0.1) is 11.8 Å². The predicted octanol–water partition coefficient (Wildman–Crippen LogP) is 4.89. The van der Waals surface area contributed by atoms with Gasteiger partial charge in [-0.25, -0.2) is 5.01 Å². The van der Waals surface area contributed by atoms with Gasteiger partial charge < -0.3 is 0 Å². The van der Waals surface area contributed by atoms with Crippen molar-refractivity contribution in [2.45, 2.75) is 26.3 Å². The van der Waals surface area contributed by atoms with Gasteiger partial charge in [-0.1, -0.05) is 59.1 Å². The van der Waals surface area contributed by atoms with Gasteiger partial charge in [0.05, 0.1) is 29.0 Å². The molecule has 154 valence electrons. The highest BCUT2D eigenvalue weighted by atomic mass is 35.5. The third-order valence-corrected chi connectivity index (χ3v) is 6.21. The van der Waals surface area contributed by atoms with Crippen LogP contribution in [-0.4, -0.2) is 27.7 Å². The number of carbonyl (C=O) groups is 3. The molecule has 1 saturated heterocycles. The second kappa shape index (κ2) is 8.25. The molecule has 2 aliphatic rings. The Bertz CT molecular complexity index is 1050. The van der Waals surface area contributed by atoms with Gasteiger partial charge in [0.25, 0.3) is 17.7 Å². The number of allylic oxidation sites excluding steroid dienone is 2. The van der Waals surface area contributed by atoms with Crippen LogP contribution in [-0.2, 0) is 16.1 Å². The number of hydrogen-bond donors (Lipinski definition) is 0. The Morgan fingerprint density at radius 2 is 1.70 bits per heavy atom. The van der Waals surface area contributed by atoms with E-state index in [1.165, 1.54) is 5.01 Å². The minimum atomic E-state index is -0.499. The molecular weight excluding hydrogens is 423 g/mol. The van der Waals surface area contributed by atoms with Crippen molar-refractivity contribution in [3.8, 4) is 0 Å². The fraction of sp³-hybridized carbons (Fsp3) is 0.261. The van der Waals surface area contributed by atoms with E-state index >= 15 is 0 Å². The minimum absolute atomic E-state index is 0.0462. The molecule has 0 N–H and O–H groups in total. The van der Waals surface area contributed by atoms with Crippen molar-refractivity contribution in [3.05, 3.63) is 81.4 Å². The third-order valence-electron chi connectivity index (χ3n) is 5.63. The smallest absolute Gasteiger partial charge is 0.272 e. The number of fused-ring (bicyclic) bond motifs is 1. The summed E-state index contributed by atoms with van der Waals surface area (Å²) in [6, 6.07) is 13.5. The first-order valence-electron chi connectivity index (χ1n) is 9.71. The van der Waals surface area contributed by atoms with Gasteiger partial charge >= 0.3 is 0 Å². The topological polar surface area (TPSA) is 57.7 Å². The maximum Gasteiger partial charge on any atom is 0.274 e. The molecular formula is C23H20Cl2N2O3. The highest BCUT2D eigenvalue weighted by Crippen LogP contribution is 2.39. The van der Waals surface area contributed by atoms with Gasteiger partial charge in [-0.2, -0.15) is 5.01 Å². The lowest BCUT2D eigenvalue weighted by molar-refractivity contribution is -0.155. The Labute approximate surface area is 184 Å². The molecule has 30 heavy (non-hydrogen) atoms. The summed E-state index contributed by atoms with van der Waals surface area (Å²) in [5, 5.41) is 3.06. The standard InChI is InChI=1S/C23H20Cl2N2O3/c1-14-6-11-17-19(12-14)23(30)27(22(17)29)26(13-15-7-9-16(24)10-8-15)21(28)18-4-2-3-5-20(18)25/h2-10,17,19H,11-13H2,1H3/t17-,19-/m0/s1. The van der Waals surface area contributed by atoms with Gasteiger partial charge in [0.2, 0.25) is 0 Å². The molecule has 1 aliphatic carbocycles. The summed E-state index contributed by atoms with van der Waals surface area (Å²) in [5.41, 5.74) is 2.06. The van der Waals surface area contributed by atoms with Crippen molar-refractivity contribution in [1.82, 2.24) is 10.0 Å². The van der Waals surface area contributed by atoms with Crippen LogP contribution in [0.1, 0.15) is 35.7 Å². The molecule has 3 amide bonds. The van der Waals surface area contributed by atoms with E-state index in [0.717, 1.165) is 16.1 Å². The number of amides is 3. The summed E-state index contributed by atoms with van der Waals surface area (Å²) in [5.74, 6) is -2.06. The summed E-state index contributed by atoms with van der Waals surface area (Å²) in [4.78, 5) is 39.9. The second-order valence-corrected chi connectivity index (χ2v) is 8.50. The van der Waals surface area contributed by atoms with Crippen molar-refractivity contribution >= 4 is 40.9 Å². The van der Waals surface area contributed by atoms with E-state index < -0.39 is 17.7 Å². The first-order chi connectivity index (χ1) is 14.4. The number of rotatable bonds is 4. The lowest BCUT2D eigenvalue weighted by Crippen LogP contribution is -2.49. The molecule has 2 aromatic rings. The fourth-order valence-electron chi connectivity index (χ4n) is 4.03. The molecule has 0 spiro atoms. The van der Waals surface area contributed by atoms with Crippen molar-refractivity contribution in [2.24, 2.45) is 11.8 Å². The van der Waals surface area contributed by atoms with Gasteiger partial charge in [-0.05, 0) is 49.6 Å². The number of halogens is 2. The van der Waals surface area contributed by atoms with Crippen LogP contribution in [0.25, 0.3) is 0 Å². The predicted molar refractivity (Wildman–Crippen MR) is 115 cm³/mol. The summed E-state index contributed by atoms with van der Waals surface area (Å²) in [6.07, 6.45) is 3.03. The zero-order chi connectivity index (χ0) is 21.4.